The molecule has 2 fully saturated rings. The number of aliphatic imine (C=N–C) groups is 1. The molecule has 1 aromatic rings. The van der Waals surface area contributed by atoms with Gasteiger partial charge in [-0.3, -0.25) is 4.99 Å². The Bertz CT molecular complexity index is 703. The second-order valence-corrected chi connectivity index (χ2v) is 9.99. The van der Waals surface area contributed by atoms with Crippen LogP contribution in [-0.4, -0.2) is 70.8 Å². The van der Waals surface area contributed by atoms with Crippen LogP contribution >= 0.6 is 35.3 Å². The number of nitrogens with zero attached hydrogens (tertiary/aromatic N) is 3. The molecular weight excluding hydrogens is 497 g/mol. The molecule has 154 valence electrons. The summed E-state index contributed by atoms with van der Waals surface area (Å²) in [6, 6.07) is 4.71. The van der Waals surface area contributed by atoms with Crippen LogP contribution in [0.25, 0.3) is 0 Å². The fourth-order valence-corrected chi connectivity index (χ4v) is 5.29. The van der Waals surface area contributed by atoms with Gasteiger partial charge in [0.05, 0.1) is 11.3 Å². The molecule has 2 saturated heterocycles. The van der Waals surface area contributed by atoms with Crippen LogP contribution < -0.4 is 15.5 Å². The largest absolute Gasteiger partial charge is 0.363 e. The second-order valence-electron chi connectivity index (χ2n) is 7.09. The molecule has 3 heterocycles. The number of guanidine groups is 1. The number of hydrogen-bond donors (Lipinski definition) is 2. The van der Waals surface area contributed by atoms with Crippen LogP contribution in [0.2, 0.25) is 0 Å². The first-order chi connectivity index (χ1) is 12.5. The Labute approximate surface area is 183 Å². The molecule has 2 aliphatic heterocycles. The van der Waals surface area contributed by atoms with Crippen molar-refractivity contribution in [1.29, 1.82) is 0 Å². The standard InChI is InChI=1S/C17H29N5O2S2.HI/c1-18-17(19-12-14-5-10-22(13-14)26(2,23)24)20-15-6-8-21(9-7-15)16-4-3-11-25-16;/h3-4,11,14-15H,5-10,12-13H2,1-2H3,(H2,18,19,20);1H. The van der Waals surface area contributed by atoms with Crippen molar-refractivity contribution in [1.82, 2.24) is 14.9 Å². The van der Waals surface area contributed by atoms with Crippen molar-refractivity contribution in [3.63, 3.8) is 0 Å². The monoisotopic (exact) mass is 527 g/mol. The summed E-state index contributed by atoms with van der Waals surface area (Å²) in [6.07, 6.45) is 4.36. The van der Waals surface area contributed by atoms with E-state index in [0.29, 0.717) is 25.0 Å². The highest BCUT2D eigenvalue weighted by Gasteiger charge is 2.28. The van der Waals surface area contributed by atoms with E-state index in [2.05, 4.69) is 38.0 Å². The summed E-state index contributed by atoms with van der Waals surface area (Å²) < 4.78 is 24.8. The van der Waals surface area contributed by atoms with Crippen LogP contribution in [0.15, 0.2) is 22.5 Å². The van der Waals surface area contributed by atoms with Gasteiger partial charge in [0.1, 0.15) is 0 Å². The van der Waals surface area contributed by atoms with Crippen LogP contribution in [0.3, 0.4) is 0 Å². The van der Waals surface area contributed by atoms with Crippen molar-refractivity contribution in [2.45, 2.75) is 25.3 Å². The molecule has 1 aromatic heterocycles. The number of thiophene rings is 1. The van der Waals surface area contributed by atoms with Crippen LogP contribution in [0.5, 0.6) is 0 Å². The molecule has 27 heavy (non-hydrogen) atoms. The highest BCUT2D eigenvalue weighted by atomic mass is 127. The van der Waals surface area contributed by atoms with Gasteiger partial charge in [0, 0.05) is 45.8 Å². The molecule has 0 saturated carbocycles. The third-order valence-corrected chi connectivity index (χ3v) is 7.35. The lowest BCUT2D eigenvalue weighted by Gasteiger charge is -2.33. The molecule has 0 spiro atoms. The van der Waals surface area contributed by atoms with Crippen molar-refractivity contribution in [2.24, 2.45) is 10.9 Å². The summed E-state index contributed by atoms with van der Waals surface area (Å²) in [6.45, 7) is 4.09. The molecule has 0 radical (unpaired) electrons. The van der Waals surface area contributed by atoms with Crippen molar-refractivity contribution >= 4 is 56.3 Å². The average Bonchev–Trinajstić information content (AvgIpc) is 3.30. The molecule has 0 amide bonds. The molecule has 1 atom stereocenters. The first kappa shape index (κ1) is 22.7. The number of hydrogen-bond acceptors (Lipinski definition) is 5. The summed E-state index contributed by atoms with van der Waals surface area (Å²) in [5, 5.41) is 10.4. The van der Waals surface area contributed by atoms with Crippen LogP contribution in [0.1, 0.15) is 19.3 Å². The predicted octanol–water partition coefficient (Wildman–Crippen LogP) is 1.78. The topological polar surface area (TPSA) is 77.0 Å². The van der Waals surface area contributed by atoms with Gasteiger partial charge in [-0.15, -0.1) is 35.3 Å². The number of sulfonamides is 1. The lowest BCUT2D eigenvalue weighted by Crippen LogP contribution is -2.49. The van der Waals surface area contributed by atoms with Gasteiger partial charge in [0.25, 0.3) is 0 Å². The Morgan fingerprint density at radius 1 is 1.30 bits per heavy atom. The van der Waals surface area contributed by atoms with Gasteiger partial charge < -0.3 is 15.5 Å². The molecule has 10 heteroatoms. The minimum atomic E-state index is -3.07. The van der Waals surface area contributed by atoms with E-state index in [1.165, 1.54) is 11.3 Å². The zero-order valence-corrected chi connectivity index (χ0v) is 19.9. The molecule has 1 unspecified atom stereocenters. The van der Waals surface area contributed by atoms with E-state index in [0.717, 1.165) is 44.9 Å². The zero-order valence-electron chi connectivity index (χ0n) is 15.9. The molecular formula is C17H30IN5O2S2. The smallest absolute Gasteiger partial charge is 0.211 e. The van der Waals surface area contributed by atoms with E-state index in [1.54, 1.807) is 22.7 Å². The Balaban J connectivity index is 0.00000261. The van der Waals surface area contributed by atoms with E-state index in [9.17, 15) is 8.42 Å². The number of rotatable bonds is 5. The van der Waals surface area contributed by atoms with Crippen molar-refractivity contribution in [3.05, 3.63) is 17.5 Å². The quantitative estimate of drug-likeness (QED) is 0.347. The molecule has 2 aliphatic rings. The SMILES string of the molecule is CN=C(NCC1CCN(S(C)(=O)=O)C1)NC1CCN(c2cccs2)CC1.I. The van der Waals surface area contributed by atoms with Crippen molar-refractivity contribution in [2.75, 3.05) is 50.9 Å². The molecule has 2 N–H and O–H groups in total. The number of piperidine rings is 1. The van der Waals surface area contributed by atoms with Crippen LogP contribution in [0.4, 0.5) is 5.00 Å². The van der Waals surface area contributed by atoms with Gasteiger partial charge >= 0.3 is 0 Å². The Morgan fingerprint density at radius 3 is 2.59 bits per heavy atom. The summed E-state index contributed by atoms with van der Waals surface area (Å²) in [5.41, 5.74) is 0. The van der Waals surface area contributed by atoms with Crippen molar-refractivity contribution in [3.8, 4) is 0 Å². The minimum absolute atomic E-state index is 0. The van der Waals surface area contributed by atoms with Gasteiger partial charge in [-0.05, 0) is 42.7 Å². The van der Waals surface area contributed by atoms with Gasteiger partial charge in [0.15, 0.2) is 5.96 Å². The average molecular weight is 527 g/mol. The maximum absolute atomic E-state index is 11.6. The Hall–Kier alpha value is -0.590. The van der Waals surface area contributed by atoms with Gasteiger partial charge in [-0.1, -0.05) is 0 Å². The molecule has 0 aliphatic carbocycles. The summed E-state index contributed by atoms with van der Waals surface area (Å²) >= 11 is 1.80. The lowest BCUT2D eigenvalue weighted by atomic mass is 10.1. The second kappa shape index (κ2) is 10.3. The fourth-order valence-electron chi connectivity index (χ4n) is 3.59. The highest BCUT2D eigenvalue weighted by molar-refractivity contribution is 14.0. The van der Waals surface area contributed by atoms with E-state index >= 15 is 0 Å². The number of nitrogens with one attached hydrogen (secondary N) is 2. The minimum Gasteiger partial charge on any atom is -0.363 e. The van der Waals surface area contributed by atoms with E-state index < -0.39 is 10.0 Å². The van der Waals surface area contributed by atoms with Gasteiger partial charge in [-0.2, -0.15) is 0 Å². The molecule has 0 bridgehead atoms. The zero-order chi connectivity index (χ0) is 18.6. The summed E-state index contributed by atoms with van der Waals surface area (Å²) in [7, 11) is -1.29. The normalized spacial score (nSPS) is 22.5. The Kier molecular flexibility index (Phi) is 8.63. The predicted molar refractivity (Wildman–Crippen MR) is 124 cm³/mol. The summed E-state index contributed by atoms with van der Waals surface area (Å²) in [4.78, 5) is 6.77. The van der Waals surface area contributed by atoms with Gasteiger partial charge in [0.2, 0.25) is 10.0 Å². The van der Waals surface area contributed by atoms with Crippen LogP contribution in [0, 0.1) is 5.92 Å². The molecule has 7 nitrogen and oxygen atoms in total. The Morgan fingerprint density at radius 2 is 2.04 bits per heavy atom. The maximum Gasteiger partial charge on any atom is 0.211 e. The van der Waals surface area contributed by atoms with E-state index in [4.69, 9.17) is 0 Å². The number of anilines is 1. The molecule has 0 aromatic carbocycles. The van der Waals surface area contributed by atoms with Crippen molar-refractivity contribution < 1.29 is 8.42 Å². The first-order valence-corrected chi connectivity index (χ1v) is 11.9. The first-order valence-electron chi connectivity index (χ1n) is 9.16. The third-order valence-electron chi connectivity index (χ3n) is 5.15. The third kappa shape index (κ3) is 6.47. The maximum atomic E-state index is 11.6. The van der Waals surface area contributed by atoms with Gasteiger partial charge in [-0.25, -0.2) is 12.7 Å². The highest BCUT2D eigenvalue weighted by Crippen LogP contribution is 2.24. The van der Waals surface area contributed by atoms with E-state index in [-0.39, 0.29) is 24.0 Å². The fraction of sp³-hybridized carbons (Fsp3) is 0.706. The summed E-state index contributed by atoms with van der Waals surface area (Å²) in [5.74, 6) is 1.15. The molecule has 3 rings (SSSR count). The van der Waals surface area contributed by atoms with Crippen LogP contribution in [-0.2, 0) is 10.0 Å². The van der Waals surface area contributed by atoms with E-state index in [1.807, 2.05) is 0 Å². The number of halogens is 1. The lowest BCUT2D eigenvalue weighted by molar-refractivity contribution is 0.449.